The Balaban J connectivity index is 1.29. The molecule has 0 unspecified atom stereocenters. The molecule has 1 aliphatic rings. The van der Waals surface area contributed by atoms with Crippen molar-refractivity contribution in [3.8, 4) is 11.5 Å². The van der Waals surface area contributed by atoms with Gasteiger partial charge in [-0.3, -0.25) is 9.89 Å². The number of sulfonamides is 1. The standard InChI is InChI=1S/C27H22N4O5S/c1-18-14-21(32)15-26-29-25(30-31(18)26)17-28-37(33,34)22-12-13-23-24(16-22)36-27(35-23,19-8-4-2-5-9-19)20-10-6-3-7-11-20/h2-16,28H,17H2,1H3,(H,29,30). The second-order valence-electron chi connectivity index (χ2n) is 8.68. The Bertz CT molecular complexity index is 1740. The van der Waals surface area contributed by atoms with Crippen LogP contribution in [0.25, 0.3) is 5.65 Å². The highest BCUT2D eigenvalue weighted by molar-refractivity contribution is 7.89. The molecule has 37 heavy (non-hydrogen) atoms. The van der Waals surface area contributed by atoms with Gasteiger partial charge in [-0.25, -0.2) is 22.6 Å². The number of benzene rings is 3. The first-order chi connectivity index (χ1) is 17.8. The van der Waals surface area contributed by atoms with Gasteiger partial charge in [0.1, 0.15) is 5.82 Å². The normalized spacial score (nSPS) is 14.2. The van der Waals surface area contributed by atoms with Gasteiger partial charge in [-0.05, 0) is 19.1 Å². The van der Waals surface area contributed by atoms with E-state index in [1.165, 1.54) is 24.3 Å². The molecule has 0 radical (unpaired) electrons. The van der Waals surface area contributed by atoms with Crippen molar-refractivity contribution < 1.29 is 17.9 Å². The van der Waals surface area contributed by atoms with Crippen LogP contribution >= 0.6 is 0 Å². The second-order valence-corrected chi connectivity index (χ2v) is 10.4. The van der Waals surface area contributed by atoms with E-state index in [0.29, 0.717) is 28.7 Å². The van der Waals surface area contributed by atoms with Crippen LogP contribution in [-0.2, 0) is 22.4 Å². The van der Waals surface area contributed by atoms with Crippen LogP contribution in [0.3, 0.4) is 0 Å². The third kappa shape index (κ3) is 4.05. The predicted octanol–water partition coefficient (Wildman–Crippen LogP) is 3.48. The highest BCUT2D eigenvalue weighted by atomic mass is 32.2. The molecule has 0 amide bonds. The molecule has 1 aliphatic heterocycles. The fourth-order valence-corrected chi connectivity index (χ4v) is 5.40. The summed E-state index contributed by atoms with van der Waals surface area (Å²) in [5.74, 6) is -0.132. The molecule has 2 aromatic heterocycles. The molecule has 0 fully saturated rings. The van der Waals surface area contributed by atoms with Gasteiger partial charge in [0.2, 0.25) is 10.0 Å². The van der Waals surface area contributed by atoms with Gasteiger partial charge in [-0.1, -0.05) is 60.7 Å². The SMILES string of the molecule is Cc1cc(=O)cc2nc(CNS(=O)(=O)c3ccc4c(c3)OC(c3ccccc3)(c3ccccc3)O4)[nH]n12. The van der Waals surface area contributed by atoms with Gasteiger partial charge >= 0.3 is 5.79 Å². The summed E-state index contributed by atoms with van der Waals surface area (Å²) >= 11 is 0. The zero-order valence-corrected chi connectivity index (χ0v) is 20.5. The maximum Gasteiger partial charge on any atom is 0.305 e. The number of aryl methyl sites for hydroxylation is 1. The van der Waals surface area contributed by atoms with E-state index in [-0.39, 0.29) is 16.9 Å². The number of aromatic nitrogens is 3. The lowest BCUT2D eigenvalue weighted by Crippen LogP contribution is -2.36. The summed E-state index contributed by atoms with van der Waals surface area (Å²) in [5.41, 5.74) is 2.47. The molecule has 0 saturated carbocycles. The molecule has 186 valence electrons. The van der Waals surface area contributed by atoms with Crippen LogP contribution in [0.2, 0.25) is 0 Å². The average molecular weight is 515 g/mol. The molecule has 10 heteroatoms. The number of nitrogens with zero attached hydrogens (tertiary/aromatic N) is 2. The molecule has 0 atom stereocenters. The quantitative estimate of drug-likeness (QED) is 0.359. The van der Waals surface area contributed by atoms with E-state index in [1.54, 1.807) is 17.5 Å². The molecule has 9 nitrogen and oxygen atoms in total. The third-order valence-corrected chi connectivity index (χ3v) is 7.56. The van der Waals surface area contributed by atoms with Crippen LogP contribution in [0.4, 0.5) is 0 Å². The number of hydrogen-bond donors (Lipinski definition) is 2. The topological polar surface area (TPSA) is 115 Å². The zero-order valence-electron chi connectivity index (χ0n) is 19.7. The van der Waals surface area contributed by atoms with Crippen molar-refractivity contribution in [3.05, 3.63) is 124 Å². The van der Waals surface area contributed by atoms with E-state index in [9.17, 15) is 13.2 Å². The number of hydrogen-bond acceptors (Lipinski definition) is 6. The largest absolute Gasteiger partial charge is 0.440 e. The number of H-pyrrole nitrogens is 1. The summed E-state index contributed by atoms with van der Waals surface area (Å²) in [6, 6.07) is 26.4. The van der Waals surface area contributed by atoms with E-state index in [1.807, 2.05) is 60.7 Å². The van der Waals surface area contributed by atoms with Crippen molar-refractivity contribution >= 4 is 15.7 Å². The van der Waals surface area contributed by atoms with Crippen LogP contribution in [0.1, 0.15) is 22.6 Å². The van der Waals surface area contributed by atoms with Gasteiger partial charge in [0.25, 0.3) is 0 Å². The summed E-state index contributed by atoms with van der Waals surface area (Å²) in [6.45, 7) is 1.67. The van der Waals surface area contributed by atoms with Gasteiger partial charge in [-0.15, -0.1) is 0 Å². The van der Waals surface area contributed by atoms with Crippen LogP contribution in [0.15, 0.2) is 101 Å². The van der Waals surface area contributed by atoms with Crippen molar-refractivity contribution in [3.63, 3.8) is 0 Å². The molecule has 0 saturated heterocycles. The Kier molecular flexibility index (Phi) is 5.36. The Morgan fingerprint density at radius 3 is 2.22 bits per heavy atom. The number of aromatic amines is 1. The van der Waals surface area contributed by atoms with Crippen LogP contribution in [0.5, 0.6) is 11.5 Å². The fourth-order valence-electron chi connectivity index (χ4n) is 4.40. The monoisotopic (exact) mass is 514 g/mol. The Morgan fingerprint density at radius 1 is 0.892 bits per heavy atom. The first-order valence-electron chi connectivity index (χ1n) is 11.6. The molecular formula is C27H22N4O5S. The molecule has 0 spiro atoms. The molecule has 3 aromatic carbocycles. The lowest BCUT2D eigenvalue weighted by Gasteiger charge is -2.28. The first-order valence-corrected chi connectivity index (χ1v) is 13.0. The summed E-state index contributed by atoms with van der Waals surface area (Å²) in [6.07, 6.45) is 0. The van der Waals surface area contributed by atoms with Crippen molar-refractivity contribution in [2.45, 2.75) is 24.2 Å². The smallest absolute Gasteiger partial charge is 0.305 e. The highest BCUT2D eigenvalue weighted by Gasteiger charge is 2.45. The minimum Gasteiger partial charge on any atom is -0.440 e. The molecule has 0 bridgehead atoms. The number of pyridine rings is 1. The number of ether oxygens (including phenoxy) is 2. The predicted molar refractivity (Wildman–Crippen MR) is 136 cm³/mol. The van der Waals surface area contributed by atoms with Crippen LogP contribution in [0, 0.1) is 6.92 Å². The van der Waals surface area contributed by atoms with Crippen molar-refractivity contribution in [1.82, 2.24) is 19.3 Å². The number of rotatable bonds is 6. The Labute approximate surface area is 212 Å². The van der Waals surface area contributed by atoms with E-state index in [0.717, 1.165) is 11.1 Å². The molecule has 3 heterocycles. The fraction of sp³-hybridized carbons (Fsp3) is 0.111. The number of fused-ring (bicyclic) bond motifs is 2. The first kappa shape index (κ1) is 23.0. The van der Waals surface area contributed by atoms with E-state index >= 15 is 0 Å². The molecule has 2 N–H and O–H groups in total. The second kappa shape index (κ2) is 8.61. The van der Waals surface area contributed by atoms with Crippen molar-refractivity contribution in [1.29, 1.82) is 0 Å². The van der Waals surface area contributed by atoms with Crippen molar-refractivity contribution in [2.75, 3.05) is 0 Å². The van der Waals surface area contributed by atoms with E-state index in [2.05, 4.69) is 14.8 Å². The summed E-state index contributed by atoms with van der Waals surface area (Å²) in [4.78, 5) is 16.1. The zero-order chi connectivity index (χ0) is 25.6. The molecule has 6 rings (SSSR count). The van der Waals surface area contributed by atoms with Gasteiger partial charge in [0.15, 0.2) is 22.6 Å². The van der Waals surface area contributed by atoms with Gasteiger partial charge < -0.3 is 9.47 Å². The summed E-state index contributed by atoms with van der Waals surface area (Å²) in [5, 5.41) is 3.00. The lowest BCUT2D eigenvalue weighted by atomic mass is 9.97. The maximum absolute atomic E-state index is 13.1. The Morgan fingerprint density at radius 2 is 1.54 bits per heavy atom. The van der Waals surface area contributed by atoms with E-state index < -0.39 is 15.8 Å². The van der Waals surface area contributed by atoms with Gasteiger partial charge in [0.05, 0.1) is 11.4 Å². The van der Waals surface area contributed by atoms with Gasteiger partial charge in [0, 0.05) is 35.0 Å². The lowest BCUT2D eigenvalue weighted by molar-refractivity contribution is -0.0459. The molecule has 5 aromatic rings. The highest BCUT2D eigenvalue weighted by Crippen LogP contribution is 2.48. The van der Waals surface area contributed by atoms with E-state index in [4.69, 9.17) is 9.47 Å². The summed E-state index contributed by atoms with van der Waals surface area (Å²) in [7, 11) is -3.92. The minimum atomic E-state index is -3.92. The molecule has 0 aliphatic carbocycles. The minimum absolute atomic E-state index is 0.0218. The summed E-state index contributed by atoms with van der Waals surface area (Å²) < 4.78 is 43.2. The Hall–Kier alpha value is -4.41. The van der Waals surface area contributed by atoms with Crippen LogP contribution in [-0.4, -0.2) is 23.0 Å². The number of nitrogens with one attached hydrogen (secondary N) is 2. The van der Waals surface area contributed by atoms with Gasteiger partial charge in [-0.2, -0.15) is 0 Å². The van der Waals surface area contributed by atoms with Crippen LogP contribution < -0.4 is 19.6 Å². The van der Waals surface area contributed by atoms with Crippen molar-refractivity contribution in [2.24, 2.45) is 0 Å². The third-order valence-electron chi connectivity index (χ3n) is 6.16. The molecular weight excluding hydrogens is 492 g/mol. The maximum atomic E-state index is 13.1. The average Bonchev–Trinajstić information content (AvgIpc) is 3.50.